The van der Waals surface area contributed by atoms with Crippen LogP contribution in [0.15, 0.2) is 53.5 Å². The molecule has 2 N–H and O–H groups in total. The zero-order valence-electron chi connectivity index (χ0n) is 18.6. The fourth-order valence-corrected chi connectivity index (χ4v) is 4.43. The van der Waals surface area contributed by atoms with Crippen molar-refractivity contribution in [1.82, 2.24) is 15.5 Å². The number of halogens is 2. The highest BCUT2D eigenvalue weighted by atomic mass is 127. The lowest BCUT2D eigenvalue weighted by Gasteiger charge is -2.20. The summed E-state index contributed by atoms with van der Waals surface area (Å²) >= 11 is 6.21. The Hall–Kier alpha value is -1.80. The molecule has 0 unspecified atom stereocenters. The molecule has 5 nitrogen and oxygen atoms in total. The van der Waals surface area contributed by atoms with Crippen molar-refractivity contribution < 1.29 is 4.79 Å². The number of hydrogen-bond donors (Lipinski definition) is 2. The van der Waals surface area contributed by atoms with Crippen molar-refractivity contribution in [3.63, 3.8) is 0 Å². The zero-order chi connectivity index (χ0) is 21.7. The van der Waals surface area contributed by atoms with Crippen LogP contribution >= 0.6 is 35.6 Å². The Bertz CT molecular complexity index is 960. The minimum atomic E-state index is 0. The Labute approximate surface area is 213 Å². The molecule has 0 bridgehead atoms. The third-order valence-electron chi connectivity index (χ3n) is 6.29. The summed E-state index contributed by atoms with van der Waals surface area (Å²) in [6, 6.07) is 16.5. The molecule has 4 rings (SSSR count). The molecule has 0 atom stereocenters. The van der Waals surface area contributed by atoms with Crippen LogP contribution in [0.1, 0.15) is 49.3 Å². The Morgan fingerprint density at radius 1 is 1.12 bits per heavy atom. The summed E-state index contributed by atoms with van der Waals surface area (Å²) in [5.74, 6) is 1.08. The molecular weight excluding hydrogens is 535 g/mol. The fraction of sp³-hybridized carbons (Fsp3) is 0.440. The first-order chi connectivity index (χ1) is 15.1. The molecule has 172 valence electrons. The normalized spacial score (nSPS) is 17.1. The van der Waals surface area contributed by atoms with Crippen LogP contribution in [0.25, 0.3) is 0 Å². The van der Waals surface area contributed by atoms with Gasteiger partial charge in [-0.05, 0) is 55.0 Å². The van der Waals surface area contributed by atoms with Gasteiger partial charge in [-0.2, -0.15) is 0 Å². The Kier molecular flexibility index (Phi) is 8.82. The summed E-state index contributed by atoms with van der Waals surface area (Å²) in [6.45, 7) is 5.83. The number of amides is 1. The van der Waals surface area contributed by atoms with Crippen molar-refractivity contribution >= 4 is 47.4 Å². The highest BCUT2D eigenvalue weighted by Crippen LogP contribution is 2.48. The van der Waals surface area contributed by atoms with E-state index in [2.05, 4.69) is 41.8 Å². The minimum Gasteiger partial charge on any atom is -0.357 e. The number of hydrogen-bond acceptors (Lipinski definition) is 2. The summed E-state index contributed by atoms with van der Waals surface area (Å²) in [7, 11) is 0. The first-order valence-corrected chi connectivity index (χ1v) is 11.6. The predicted octanol–water partition coefficient (Wildman–Crippen LogP) is 4.87. The van der Waals surface area contributed by atoms with Crippen molar-refractivity contribution in [1.29, 1.82) is 0 Å². The van der Waals surface area contributed by atoms with E-state index < -0.39 is 0 Å². The number of nitrogens with one attached hydrogen (secondary N) is 2. The molecule has 2 aromatic rings. The minimum absolute atomic E-state index is 0. The molecule has 2 aromatic carbocycles. The van der Waals surface area contributed by atoms with Crippen LogP contribution in [-0.2, 0) is 23.3 Å². The molecule has 0 spiro atoms. The maximum absolute atomic E-state index is 12.0. The van der Waals surface area contributed by atoms with Gasteiger partial charge in [-0.15, -0.1) is 24.0 Å². The molecule has 2 fully saturated rings. The quantitative estimate of drug-likeness (QED) is 0.272. The molecule has 2 aliphatic rings. The summed E-state index contributed by atoms with van der Waals surface area (Å²) in [4.78, 5) is 18.8. The second-order valence-electron chi connectivity index (χ2n) is 8.53. The van der Waals surface area contributed by atoms with E-state index in [0.29, 0.717) is 19.5 Å². The molecule has 1 aliphatic carbocycles. The number of benzene rings is 2. The second-order valence-corrected chi connectivity index (χ2v) is 8.96. The molecule has 1 heterocycles. The molecule has 32 heavy (non-hydrogen) atoms. The highest BCUT2D eigenvalue weighted by molar-refractivity contribution is 14.0. The van der Waals surface area contributed by atoms with Crippen LogP contribution in [0, 0.1) is 0 Å². The molecule has 0 aromatic heterocycles. The van der Waals surface area contributed by atoms with Crippen molar-refractivity contribution in [3.05, 3.63) is 70.2 Å². The van der Waals surface area contributed by atoms with Gasteiger partial charge in [-0.1, -0.05) is 48.0 Å². The smallest absolute Gasteiger partial charge is 0.222 e. The lowest BCUT2D eigenvalue weighted by atomic mass is 9.96. The topological polar surface area (TPSA) is 56.7 Å². The van der Waals surface area contributed by atoms with E-state index in [4.69, 9.17) is 16.6 Å². The van der Waals surface area contributed by atoms with E-state index in [0.717, 1.165) is 55.4 Å². The lowest BCUT2D eigenvalue weighted by Crippen LogP contribution is -2.41. The van der Waals surface area contributed by atoms with Crippen LogP contribution in [0.2, 0.25) is 5.02 Å². The number of rotatable bonds is 8. The van der Waals surface area contributed by atoms with Crippen molar-refractivity contribution in [2.24, 2.45) is 4.99 Å². The van der Waals surface area contributed by atoms with Crippen LogP contribution in [0.5, 0.6) is 0 Å². The van der Waals surface area contributed by atoms with Crippen LogP contribution < -0.4 is 10.6 Å². The first-order valence-electron chi connectivity index (χ1n) is 11.2. The van der Waals surface area contributed by atoms with Crippen LogP contribution in [0.4, 0.5) is 0 Å². The van der Waals surface area contributed by atoms with Gasteiger partial charge < -0.3 is 15.5 Å². The van der Waals surface area contributed by atoms with Gasteiger partial charge in [0.25, 0.3) is 0 Å². The van der Waals surface area contributed by atoms with Crippen molar-refractivity contribution in [2.75, 3.05) is 19.6 Å². The average molecular weight is 567 g/mol. The van der Waals surface area contributed by atoms with E-state index >= 15 is 0 Å². The van der Waals surface area contributed by atoms with Gasteiger partial charge in [0.1, 0.15) is 0 Å². The molecule has 1 amide bonds. The summed E-state index contributed by atoms with van der Waals surface area (Å²) in [6.07, 6.45) is 3.95. The van der Waals surface area contributed by atoms with E-state index in [1.54, 1.807) is 0 Å². The Balaban J connectivity index is 0.00000289. The van der Waals surface area contributed by atoms with Gasteiger partial charge in [0, 0.05) is 43.0 Å². The number of guanidine groups is 1. The van der Waals surface area contributed by atoms with Crippen LogP contribution in [-0.4, -0.2) is 36.4 Å². The summed E-state index contributed by atoms with van der Waals surface area (Å²) in [5.41, 5.74) is 3.78. The van der Waals surface area contributed by atoms with Gasteiger partial charge in [0.15, 0.2) is 5.96 Å². The first kappa shape index (κ1) is 24.8. The maximum atomic E-state index is 12.0. The Morgan fingerprint density at radius 2 is 1.91 bits per heavy atom. The number of nitrogens with zero attached hydrogens (tertiary/aromatic N) is 2. The summed E-state index contributed by atoms with van der Waals surface area (Å²) < 4.78 is 0. The van der Waals surface area contributed by atoms with E-state index in [9.17, 15) is 4.79 Å². The number of aliphatic imine (C=N–C) groups is 1. The zero-order valence-corrected chi connectivity index (χ0v) is 21.7. The van der Waals surface area contributed by atoms with Crippen LogP contribution in [0.3, 0.4) is 0 Å². The predicted molar refractivity (Wildman–Crippen MR) is 142 cm³/mol. The van der Waals surface area contributed by atoms with E-state index in [1.165, 1.54) is 11.1 Å². The fourth-order valence-electron chi connectivity index (χ4n) is 4.24. The van der Waals surface area contributed by atoms with Gasteiger partial charge in [-0.25, -0.2) is 4.99 Å². The third-order valence-corrected chi connectivity index (χ3v) is 6.52. The van der Waals surface area contributed by atoms with Gasteiger partial charge in [0.05, 0.1) is 6.54 Å². The van der Waals surface area contributed by atoms with Gasteiger partial charge >= 0.3 is 0 Å². The van der Waals surface area contributed by atoms with Crippen molar-refractivity contribution in [2.45, 2.75) is 51.1 Å². The molecule has 7 heteroatoms. The standard InChI is InChI=1S/C25H31ClN4O.HI/c1-2-27-24(29-18-25(12-13-25)21-9-5-10-22(26)15-21)28-16-19-7-3-4-8-20(19)17-30-14-6-11-23(30)31;/h3-5,7-10,15H,2,6,11-14,16-18H2,1H3,(H2,27,28,29);1H. The number of carbonyl (C=O) groups is 1. The molecule has 1 saturated heterocycles. The highest BCUT2D eigenvalue weighted by Gasteiger charge is 2.44. The maximum Gasteiger partial charge on any atom is 0.222 e. The number of likely N-dealkylation sites (tertiary alicyclic amines) is 1. The largest absolute Gasteiger partial charge is 0.357 e. The second kappa shape index (κ2) is 11.4. The van der Waals surface area contributed by atoms with E-state index in [-0.39, 0.29) is 35.3 Å². The molecule has 1 saturated carbocycles. The molecule has 1 aliphatic heterocycles. The van der Waals surface area contributed by atoms with Gasteiger partial charge in [0.2, 0.25) is 5.91 Å². The Morgan fingerprint density at radius 3 is 2.56 bits per heavy atom. The average Bonchev–Trinajstić information content (AvgIpc) is 3.47. The third kappa shape index (κ3) is 6.16. The summed E-state index contributed by atoms with van der Waals surface area (Å²) in [5, 5.41) is 7.70. The van der Waals surface area contributed by atoms with Crippen molar-refractivity contribution in [3.8, 4) is 0 Å². The van der Waals surface area contributed by atoms with Gasteiger partial charge in [-0.3, -0.25) is 4.79 Å². The monoisotopic (exact) mass is 566 g/mol. The molecular formula is C25H32ClIN4O. The number of carbonyl (C=O) groups excluding carboxylic acids is 1. The lowest BCUT2D eigenvalue weighted by molar-refractivity contribution is -0.128. The van der Waals surface area contributed by atoms with E-state index in [1.807, 2.05) is 29.2 Å². The molecule has 0 radical (unpaired) electrons. The SMILES string of the molecule is CCNC(=NCc1ccccc1CN1CCCC1=O)NCC1(c2cccc(Cl)c2)CC1.I.